The molecule has 0 bridgehead atoms. The van der Waals surface area contributed by atoms with Crippen LogP contribution in [0.15, 0.2) is 51.3 Å². The van der Waals surface area contributed by atoms with Crippen molar-refractivity contribution in [1.82, 2.24) is 24.1 Å². The van der Waals surface area contributed by atoms with Gasteiger partial charge in [0, 0.05) is 14.1 Å². The Balaban J connectivity index is 1.82. The van der Waals surface area contributed by atoms with E-state index in [4.69, 9.17) is 0 Å². The van der Waals surface area contributed by atoms with Gasteiger partial charge < -0.3 is 4.57 Å². The minimum atomic E-state index is -0.504. The molecule has 2 aromatic heterocycles. The van der Waals surface area contributed by atoms with Gasteiger partial charge in [-0.25, -0.2) is 15.2 Å². The summed E-state index contributed by atoms with van der Waals surface area (Å²) in [6.07, 6.45) is 2.87. The van der Waals surface area contributed by atoms with Crippen molar-refractivity contribution in [3.8, 4) is 0 Å². The number of nitrogens with one attached hydrogen (secondary N) is 1. The van der Waals surface area contributed by atoms with Crippen LogP contribution in [0.4, 0.5) is 0 Å². The van der Waals surface area contributed by atoms with E-state index in [0.29, 0.717) is 0 Å². The molecule has 0 aliphatic rings. The van der Waals surface area contributed by atoms with E-state index in [1.54, 1.807) is 0 Å². The molecule has 128 valence electrons. The van der Waals surface area contributed by atoms with E-state index in [0.717, 1.165) is 10.1 Å². The number of carbonyl (C=O) groups is 1. The topological polar surface area (TPSA) is 103 Å². The van der Waals surface area contributed by atoms with Crippen LogP contribution >= 0.6 is 0 Å². The highest BCUT2D eigenvalue weighted by Crippen LogP contribution is 2.05. The standard InChI is InChI=1S/C16H16N6O3/c1-20-14-13(15(24)21(2)16(20)25)22(10-17-14)9-12(23)19-18-8-11-6-4-3-5-7-11/h3-8,10H,9H2,1-2H3,(H,19,23). The van der Waals surface area contributed by atoms with E-state index in [1.165, 1.54) is 35.8 Å². The summed E-state index contributed by atoms with van der Waals surface area (Å²) in [5.41, 5.74) is 2.69. The molecule has 0 fully saturated rings. The third-order valence-corrected chi connectivity index (χ3v) is 3.73. The van der Waals surface area contributed by atoms with E-state index in [-0.39, 0.29) is 17.7 Å². The lowest BCUT2D eigenvalue weighted by Gasteiger charge is -2.05. The van der Waals surface area contributed by atoms with Crippen LogP contribution in [0.25, 0.3) is 11.2 Å². The molecule has 0 unspecified atom stereocenters. The first kappa shape index (κ1) is 16.4. The van der Waals surface area contributed by atoms with Crippen molar-refractivity contribution in [2.24, 2.45) is 19.2 Å². The molecule has 0 atom stereocenters. The van der Waals surface area contributed by atoms with Gasteiger partial charge in [-0.1, -0.05) is 30.3 Å². The summed E-state index contributed by atoms with van der Waals surface area (Å²) in [4.78, 5) is 40.3. The van der Waals surface area contributed by atoms with Crippen LogP contribution in [0.2, 0.25) is 0 Å². The van der Waals surface area contributed by atoms with Crippen LogP contribution < -0.4 is 16.7 Å². The molecule has 9 heteroatoms. The summed E-state index contributed by atoms with van der Waals surface area (Å²) in [7, 11) is 2.90. The molecule has 0 saturated heterocycles. The molecule has 3 rings (SSSR count). The van der Waals surface area contributed by atoms with Gasteiger partial charge >= 0.3 is 5.69 Å². The maximum atomic E-state index is 12.3. The molecule has 0 spiro atoms. The fourth-order valence-electron chi connectivity index (χ4n) is 2.42. The monoisotopic (exact) mass is 340 g/mol. The van der Waals surface area contributed by atoms with Crippen LogP contribution in [-0.4, -0.2) is 30.8 Å². The van der Waals surface area contributed by atoms with Gasteiger partial charge in [0.1, 0.15) is 6.54 Å². The number of hydrogen-bond acceptors (Lipinski definition) is 5. The number of carbonyl (C=O) groups excluding carboxylic acids is 1. The van der Waals surface area contributed by atoms with Gasteiger partial charge in [0.05, 0.1) is 12.5 Å². The van der Waals surface area contributed by atoms with Gasteiger partial charge in [-0.15, -0.1) is 0 Å². The fraction of sp³-hybridized carbons (Fsp3) is 0.188. The number of aromatic nitrogens is 4. The molecule has 3 aromatic rings. The van der Waals surface area contributed by atoms with Crippen LogP contribution in [0.3, 0.4) is 0 Å². The van der Waals surface area contributed by atoms with Gasteiger partial charge in [0.2, 0.25) is 0 Å². The summed E-state index contributed by atoms with van der Waals surface area (Å²) in [5.74, 6) is -0.414. The zero-order chi connectivity index (χ0) is 18.0. The third-order valence-electron chi connectivity index (χ3n) is 3.73. The quantitative estimate of drug-likeness (QED) is 0.515. The number of hydrogen-bond donors (Lipinski definition) is 1. The molecule has 0 aliphatic heterocycles. The van der Waals surface area contributed by atoms with Crippen LogP contribution in [0.5, 0.6) is 0 Å². The summed E-state index contributed by atoms with van der Waals surface area (Å²) >= 11 is 0. The molecular formula is C16H16N6O3. The number of aryl methyl sites for hydroxylation is 1. The van der Waals surface area contributed by atoms with E-state index >= 15 is 0 Å². The van der Waals surface area contributed by atoms with Crippen LogP contribution in [0, 0.1) is 0 Å². The van der Waals surface area contributed by atoms with Gasteiger partial charge in [-0.3, -0.25) is 18.7 Å². The molecular weight excluding hydrogens is 324 g/mol. The van der Waals surface area contributed by atoms with E-state index < -0.39 is 17.2 Å². The highest BCUT2D eigenvalue weighted by atomic mass is 16.2. The normalized spacial score (nSPS) is 11.3. The molecule has 9 nitrogen and oxygen atoms in total. The SMILES string of the molecule is Cn1c(=O)c2c(ncn2CC(=O)NN=Cc2ccccc2)n(C)c1=O. The van der Waals surface area contributed by atoms with Gasteiger partial charge in [-0.05, 0) is 5.56 Å². The van der Waals surface area contributed by atoms with Crippen LogP contribution in [0.1, 0.15) is 5.56 Å². The highest BCUT2D eigenvalue weighted by molar-refractivity contribution is 5.83. The largest absolute Gasteiger partial charge is 0.332 e. The second kappa shape index (κ2) is 6.56. The molecule has 2 heterocycles. The highest BCUT2D eigenvalue weighted by Gasteiger charge is 2.15. The average Bonchev–Trinajstić information content (AvgIpc) is 3.02. The Labute approximate surface area is 141 Å². The molecule has 25 heavy (non-hydrogen) atoms. The summed E-state index contributed by atoms with van der Waals surface area (Å²) in [5, 5.41) is 3.88. The lowest BCUT2D eigenvalue weighted by atomic mass is 10.2. The minimum absolute atomic E-state index is 0.143. The lowest BCUT2D eigenvalue weighted by molar-refractivity contribution is -0.121. The molecule has 1 N–H and O–H groups in total. The number of hydrazone groups is 1. The summed E-state index contributed by atoms with van der Waals surface area (Å²) in [6.45, 7) is -0.143. The van der Waals surface area contributed by atoms with E-state index in [2.05, 4.69) is 15.5 Å². The van der Waals surface area contributed by atoms with Crippen molar-refractivity contribution < 1.29 is 4.79 Å². The van der Waals surface area contributed by atoms with Gasteiger partial charge in [0.15, 0.2) is 11.2 Å². The maximum Gasteiger partial charge on any atom is 0.332 e. The van der Waals surface area contributed by atoms with Crippen molar-refractivity contribution >= 4 is 23.3 Å². The van der Waals surface area contributed by atoms with Crippen molar-refractivity contribution in [2.75, 3.05) is 0 Å². The number of imidazole rings is 1. The molecule has 0 saturated carbocycles. The number of rotatable bonds is 4. The first-order chi connectivity index (χ1) is 12.0. The first-order valence-corrected chi connectivity index (χ1v) is 7.47. The smallest absolute Gasteiger partial charge is 0.315 e. The van der Waals surface area contributed by atoms with Crippen molar-refractivity contribution in [2.45, 2.75) is 6.54 Å². The Morgan fingerprint density at radius 3 is 2.64 bits per heavy atom. The van der Waals surface area contributed by atoms with Gasteiger partial charge in [0.25, 0.3) is 11.5 Å². The second-order valence-corrected chi connectivity index (χ2v) is 5.45. The lowest BCUT2D eigenvalue weighted by Crippen LogP contribution is -2.38. The predicted molar refractivity (Wildman–Crippen MR) is 92.4 cm³/mol. The number of nitrogens with zero attached hydrogens (tertiary/aromatic N) is 5. The Bertz CT molecular complexity index is 1070. The molecule has 1 amide bonds. The first-order valence-electron chi connectivity index (χ1n) is 7.47. The zero-order valence-electron chi connectivity index (χ0n) is 13.7. The van der Waals surface area contributed by atoms with E-state index in [9.17, 15) is 14.4 Å². The van der Waals surface area contributed by atoms with Gasteiger partial charge in [-0.2, -0.15) is 5.10 Å². The Kier molecular flexibility index (Phi) is 4.29. The number of amides is 1. The minimum Gasteiger partial charge on any atom is -0.315 e. The number of benzene rings is 1. The maximum absolute atomic E-state index is 12.3. The third kappa shape index (κ3) is 3.11. The Morgan fingerprint density at radius 1 is 1.20 bits per heavy atom. The second-order valence-electron chi connectivity index (χ2n) is 5.45. The molecule has 0 aliphatic carbocycles. The number of fused-ring (bicyclic) bond motifs is 1. The predicted octanol–water partition coefficient (Wildman–Crippen LogP) is -0.416. The average molecular weight is 340 g/mol. The Morgan fingerprint density at radius 2 is 1.92 bits per heavy atom. The van der Waals surface area contributed by atoms with Crippen molar-refractivity contribution in [1.29, 1.82) is 0 Å². The summed E-state index contributed by atoms with van der Waals surface area (Å²) in [6, 6.07) is 9.31. The Hall–Kier alpha value is -3.49. The zero-order valence-corrected chi connectivity index (χ0v) is 13.7. The summed E-state index contributed by atoms with van der Waals surface area (Å²) < 4.78 is 3.63. The molecule has 1 aromatic carbocycles. The molecule has 0 radical (unpaired) electrons. The van der Waals surface area contributed by atoms with Crippen LogP contribution in [-0.2, 0) is 25.4 Å². The van der Waals surface area contributed by atoms with Crippen molar-refractivity contribution in [3.05, 3.63) is 63.1 Å². The fourth-order valence-corrected chi connectivity index (χ4v) is 2.42. The van der Waals surface area contributed by atoms with Crippen molar-refractivity contribution in [3.63, 3.8) is 0 Å². The van der Waals surface area contributed by atoms with E-state index in [1.807, 2.05) is 30.3 Å².